The fourth-order valence-corrected chi connectivity index (χ4v) is 2.10. The molecule has 0 saturated heterocycles. The number of carbonyl (C=O) groups is 2. The van der Waals surface area contributed by atoms with Crippen molar-refractivity contribution >= 4 is 34.5 Å². The van der Waals surface area contributed by atoms with Crippen LogP contribution in [0, 0.1) is 21.1 Å². The summed E-state index contributed by atoms with van der Waals surface area (Å²) in [5.74, 6) is -4.46. The van der Waals surface area contributed by atoms with Crippen molar-refractivity contribution in [3.05, 3.63) is 32.9 Å². The Balaban J connectivity index is 3.01. The maximum absolute atomic E-state index is 13.1. The van der Waals surface area contributed by atoms with Gasteiger partial charge in [-0.1, -0.05) is 13.8 Å². The summed E-state index contributed by atoms with van der Waals surface area (Å²) in [6.45, 7) is 3.27. The summed E-state index contributed by atoms with van der Waals surface area (Å²) >= 11 is 1.68. The Bertz CT molecular complexity index is 520. The fourth-order valence-electron chi connectivity index (χ4n) is 1.43. The lowest BCUT2D eigenvalue weighted by atomic mass is 10.0. The first-order valence-corrected chi connectivity index (χ1v) is 6.50. The van der Waals surface area contributed by atoms with Gasteiger partial charge in [0, 0.05) is 3.57 Å². The van der Waals surface area contributed by atoms with E-state index in [4.69, 9.17) is 5.11 Å². The van der Waals surface area contributed by atoms with Gasteiger partial charge in [-0.25, -0.2) is 13.6 Å². The first-order valence-electron chi connectivity index (χ1n) is 5.42. The van der Waals surface area contributed by atoms with Gasteiger partial charge in [0.2, 0.25) is 0 Å². The number of rotatable bonds is 4. The predicted molar refractivity (Wildman–Crippen MR) is 72.8 cm³/mol. The van der Waals surface area contributed by atoms with Crippen LogP contribution in [0.5, 0.6) is 0 Å². The largest absolute Gasteiger partial charge is 0.480 e. The molecule has 0 saturated carbocycles. The van der Waals surface area contributed by atoms with Crippen LogP contribution in [-0.2, 0) is 4.79 Å². The molecule has 104 valence electrons. The molecule has 0 fully saturated rings. The molecule has 0 aliphatic heterocycles. The molecule has 0 radical (unpaired) electrons. The van der Waals surface area contributed by atoms with Crippen molar-refractivity contribution in [3.8, 4) is 0 Å². The molecule has 19 heavy (non-hydrogen) atoms. The fraction of sp³-hybridized carbons (Fsp3) is 0.333. The summed E-state index contributed by atoms with van der Waals surface area (Å²) in [4.78, 5) is 22.8. The number of amides is 1. The number of halogens is 3. The van der Waals surface area contributed by atoms with E-state index in [1.165, 1.54) is 0 Å². The highest BCUT2D eigenvalue weighted by Crippen LogP contribution is 2.17. The highest BCUT2D eigenvalue weighted by molar-refractivity contribution is 14.1. The maximum atomic E-state index is 13.1. The number of nitrogens with one attached hydrogen (secondary N) is 1. The molecule has 0 spiro atoms. The van der Waals surface area contributed by atoms with E-state index in [1.807, 2.05) is 0 Å². The molecule has 0 aliphatic carbocycles. The van der Waals surface area contributed by atoms with Gasteiger partial charge >= 0.3 is 5.97 Å². The summed E-state index contributed by atoms with van der Waals surface area (Å²) in [6, 6.07) is 0.554. The van der Waals surface area contributed by atoms with Crippen LogP contribution in [0.2, 0.25) is 0 Å². The average molecular weight is 383 g/mol. The number of carboxylic acids is 1. The smallest absolute Gasteiger partial charge is 0.326 e. The molecule has 7 heteroatoms. The van der Waals surface area contributed by atoms with E-state index in [2.05, 4.69) is 5.32 Å². The normalized spacial score (nSPS) is 12.3. The third kappa shape index (κ3) is 3.85. The Hall–Kier alpha value is -1.25. The molecule has 0 bridgehead atoms. The lowest BCUT2D eigenvalue weighted by Gasteiger charge is -2.18. The Morgan fingerprint density at radius 2 is 1.79 bits per heavy atom. The second kappa shape index (κ2) is 6.27. The van der Waals surface area contributed by atoms with Gasteiger partial charge in [0.05, 0.1) is 5.56 Å². The van der Waals surface area contributed by atoms with Gasteiger partial charge in [-0.15, -0.1) is 0 Å². The number of carboxylic acid groups (broad SMARTS) is 1. The molecule has 4 nitrogen and oxygen atoms in total. The zero-order chi connectivity index (χ0) is 14.7. The minimum Gasteiger partial charge on any atom is -0.480 e. The number of aliphatic carboxylic acids is 1. The zero-order valence-electron chi connectivity index (χ0n) is 10.2. The van der Waals surface area contributed by atoms with Crippen molar-refractivity contribution in [2.75, 3.05) is 0 Å². The average Bonchev–Trinajstić information content (AvgIpc) is 2.29. The highest BCUT2D eigenvalue weighted by Gasteiger charge is 2.25. The van der Waals surface area contributed by atoms with Gasteiger partial charge in [0.25, 0.3) is 5.91 Å². The van der Waals surface area contributed by atoms with E-state index < -0.39 is 29.6 Å². The lowest BCUT2D eigenvalue weighted by Crippen LogP contribution is -2.44. The van der Waals surface area contributed by atoms with E-state index in [1.54, 1.807) is 36.4 Å². The number of carbonyl (C=O) groups excluding carboxylic acids is 1. The summed E-state index contributed by atoms with van der Waals surface area (Å²) in [6.07, 6.45) is 0. The van der Waals surface area contributed by atoms with Gasteiger partial charge in [0.15, 0.2) is 11.6 Å². The standard InChI is InChI=1S/C12H12F2INO3/c1-5(2)10(12(18)19)16-11(17)6-3-7(13)8(14)4-9(6)15/h3-5,10H,1-2H3,(H,16,17)(H,18,19)/t10-/m1/s1. The molecule has 0 aliphatic rings. The van der Waals surface area contributed by atoms with Gasteiger partial charge in [-0.05, 0) is 40.6 Å². The lowest BCUT2D eigenvalue weighted by molar-refractivity contribution is -0.140. The number of benzene rings is 1. The number of hydrogen-bond acceptors (Lipinski definition) is 2. The second-order valence-electron chi connectivity index (χ2n) is 4.28. The molecule has 1 rings (SSSR count). The quantitative estimate of drug-likeness (QED) is 0.620. The Morgan fingerprint density at radius 1 is 1.26 bits per heavy atom. The zero-order valence-corrected chi connectivity index (χ0v) is 12.4. The van der Waals surface area contributed by atoms with E-state index in [0.717, 1.165) is 12.1 Å². The highest BCUT2D eigenvalue weighted by atomic mass is 127. The second-order valence-corrected chi connectivity index (χ2v) is 5.44. The van der Waals surface area contributed by atoms with Crippen molar-refractivity contribution in [1.29, 1.82) is 0 Å². The maximum Gasteiger partial charge on any atom is 0.326 e. The van der Waals surface area contributed by atoms with Crippen LogP contribution in [-0.4, -0.2) is 23.0 Å². The van der Waals surface area contributed by atoms with Crippen LogP contribution >= 0.6 is 22.6 Å². The van der Waals surface area contributed by atoms with Crippen molar-refractivity contribution in [2.45, 2.75) is 19.9 Å². The number of hydrogen-bond donors (Lipinski definition) is 2. The van der Waals surface area contributed by atoms with Crippen LogP contribution in [0.1, 0.15) is 24.2 Å². The molecule has 0 heterocycles. The predicted octanol–water partition coefficient (Wildman–Crippen LogP) is 2.41. The molecular formula is C12H12F2INO3. The van der Waals surface area contributed by atoms with Crippen molar-refractivity contribution in [2.24, 2.45) is 5.92 Å². The van der Waals surface area contributed by atoms with Gasteiger partial charge in [-0.3, -0.25) is 4.79 Å². The van der Waals surface area contributed by atoms with E-state index in [0.29, 0.717) is 0 Å². The molecule has 1 aromatic carbocycles. The Labute approximate surface area is 122 Å². The molecule has 0 aromatic heterocycles. The van der Waals surface area contributed by atoms with Crippen LogP contribution in [0.3, 0.4) is 0 Å². The van der Waals surface area contributed by atoms with Crippen molar-refractivity contribution in [3.63, 3.8) is 0 Å². The molecule has 1 atom stereocenters. The first-order chi connectivity index (χ1) is 8.73. The SMILES string of the molecule is CC(C)[C@@H](NC(=O)c1cc(F)c(F)cc1I)C(=O)O. The van der Waals surface area contributed by atoms with Crippen LogP contribution in [0.25, 0.3) is 0 Å². The first kappa shape index (κ1) is 15.8. The Morgan fingerprint density at radius 3 is 2.26 bits per heavy atom. The van der Waals surface area contributed by atoms with Gasteiger partial charge < -0.3 is 10.4 Å². The minimum absolute atomic E-state index is 0.0913. The van der Waals surface area contributed by atoms with E-state index in [-0.39, 0.29) is 15.1 Å². The minimum atomic E-state index is -1.18. The molecule has 2 N–H and O–H groups in total. The van der Waals surface area contributed by atoms with E-state index >= 15 is 0 Å². The van der Waals surface area contributed by atoms with Crippen LogP contribution < -0.4 is 5.32 Å². The van der Waals surface area contributed by atoms with Crippen molar-refractivity contribution < 1.29 is 23.5 Å². The van der Waals surface area contributed by atoms with Gasteiger partial charge in [0.1, 0.15) is 6.04 Å². The third-order valence-electron chi connectivity index (χ3n) is 2.47. The molecular weight excluding hydrogens is 371 g/mol. The third-order valence-corrected chi connectivity index (χ3v) is 3.37. The monoisotopic (exact) mass is 383 g/mol. The van der Waals surface area contributed by atoms with Crippen LogP contribution in [0.4, 0.5) is 8.78 Å². The summed E-state index contributed by atoms with van der Waals surface area (Å²) in [5.41, 5.74) is -0.0913. The summed E-state index contributed by atoms with van der Waals surface area (Å²) < 4.78 is 26.2. The van der Waals surface area contributed by atoms with Crippen molar-refractivity contribution in [1.82, 2.24) is 5.32 Å². The van der Waals surface area contributed by atoms with E-state index in [9.17, 15) is 18.4 Å². The van der Waals surface area contributed by atoms with Crippen LogP contribution in [0.15, 0.2) is 12.1 Å². The summed E-state index contributed by atoms with van der Waals surface area (Å²) in [7, 11) is 0. The Kier molecular flexibility index (Phi) is 5.21. The molecule has 1 aromatic rings. The molecule has 0 unspecified atom stereocenters. The molecule has 1 amide bonds. The summed E-state index contributed by atoms with van der Waals surface area (Å²) in [5, 5.41) is 11.2. The van der Waals surface area contributed by atoms with Gasteiger partial charge in [-0.2, -0.15) is 0 Å². The topological polar surface area (TPSA) is 66.4 Å².